The third kappa shape index (κ3) is 5.44. The number of amides is 2. The van der Waals surface area contributed by atoms with Crippen molar-refractivity contribution in [3.63, 3.8) is 0 Å². The smallest absolute Gasteiger partial charge is 0.225 e. The van der Waals surface area contributed by atoms with Gasteiger partial charge in [0.15, 0.2) is 0 Å². The number of furan rings is 1. The van der Waals surface area contributed by atoms with Gasteiger partial charge >= 0.3 is 0 Å². The number of rotatable bonds is 9. The second-order valence-electron chi connectivity index (χ2n) is 6.82. The topological polar surface area (TPSA) is 71.8 Å². The minimum atomic E-state index is -0.295. The second kappa shape index (κ2) is 9.37. The van der Waals surface area contributed by atoms with E-state index in [2.05, 4.69) is 5.32 Å². The molecule has 1 N–H and O–H groups in total. The summed E-state index contributed by atoms with van der Waals surface area (Å²) >= 11 is 0. The maximum atomic E-state index is 12.3. The van der Waals surface area contributed by atoms with E-state index in [0.717, 1.165) is 17.7 Å². The average Bonchev–Trinajstić information content (AvgIpc) is 3.32. The van der Waals surface area contributed by atoms with Crippen LogP contribution in [0.4, 0.5) is 0 Å². The van der Waals surface area contributed by atoms with E-state index < -0.39 is 0 Å². The van der Waals surface area contributed by atoms with Crippen LogP contribution in [0.15, 0.2) is 53.1 Å². The average molecular weight is 370 g/mol. The summed E-state index contributed by atoms with van der Waals surface area (Å²) < 4.78 is 11.1. The number of benzene rings is 1. The van der Waals surface area contributed by atoms with Gasteiger partial charge in [0.05, 0.1) is 24.8 Å². The maximum absolute atomic E-state index is 12.3. The Morgan fingerprint density at radius 3 is 2.85 bits per heavy atom. The van der Waals surface area contributed by atoms with Gasteiger partial charge in [0.2, 0.25) is 11.8 Å². The number of nitrogens with one attached hydrogen (secondary N) is 1. The Morgan fingerprint density at radius 1 is 1.30 bits per heavy atom. The molecule has 2 unspecified atom stereocenters. The predicted molar refractivity (Wildman–Crippen MR) is 101 cm³/mol. The molecule has 0 aliphatic carbocycles. The molecular formula is C21H26N2O4. The van der Waals surface area contributed by atoms with Crippen LogP contribution in [0.5, 0.6) is 0 Å². The molecule has 2 aromatic rings. The summed E-state index contributed by atoms with van der Waals surface area (Å²) in [5.41, 5.74) is 1.14. The zero-order valence-corrected chi connectivity index (χ0v) is 15.6. The first-order chi connectivity index (χ1) is 13.1. The lowest BCUT2D eigenvalue weighted by atomic mass is 10.1. The number of carbonyl (C=O) groups is 2. The molecule has 144 valence electrons. The third-order valence-corrected chi connectivity index (χ3v) is 4.77. The van der Waals surface area contributed by atoms with E-state index in [1.165, 1.54) is 0 Å². The van der Waals surface area contributed by atoms with Crippen LogP contribution in [0.2, 0.25) is 0 Å². The highest BCUT2D eigenvalue weighted by molar-refractivity contribution is 5.89. The molecule has 0 spiro atoms. The summed E-state index contributed by atoms with van der Waals surface area (Å²) in [7, 11) is 0. The minimum Gasteiger partial charge on any atom is -0.467 e. The van der Waals surface area contributed by atoms with Crippen molar-refractivity contribution in [1.29, 1.82) is 0 Å². The summed E-state index contributed by atoms with van der Waals surface area (Å²) in [5, 5.41) is 2.92. The molecule has 6 nitrogen and oxygen atoms in total. The van der Waals surface area contributed by atoms with Crippen molar-refractivity contribution < 1.29 is 18.7 Å². The number of likely N-dealkylation sites (tertiary alicyclic amines) is 1. The van der Waals surface area contributed by atoms with Gasteiger partial charge in [-0.05, 0) is 31.0 Å². The van der Waals surface area contributed by atoms with Gasteiger partial charge in [0, 0.05) is 26.1 Å². The van der Waals surface area contributed by atoms with Gasteiger partial charge < -0.3 is 19.4 Å². The Labute approximate surface area is 159 Å². The summed E-state index contributed by atoms with van der Waals surface area (Å²) in [6.45, 7) is 3.99. The molecule has 0 bridgehead atoms. The number of nitrogens with zero attached hydrogens (tertiary/aromatic N) is 1. The van der Waals surface area contributed by atoms with Gasteiger partial charge in [-0.25, -0.2) is 0 Å². The quantitative estimate of drug-likeness (QED) is 0.689. The van der Waals surface area contributed by atoms with Crippen LogP contribution in [-0.4, -0.2) is 36.4 Å². The van der Waals surface area contributed by atoms with Crippen molar-refractivity contribution in [2.75, 3.05) is 19.7 Å². The van der Waals surface area contributed by atoms with Crippen molar-refractivity contribution in [1.82, 2.24) is 10.2 Å². The molecule has 0 saturated carbocycles. The SMILES string of the molecule is CC(OCCCNC(=O)C1CC(=O)N(Cc2ccco2)C1)c1ccccc1. The fourth-order valence-electron chi connectivity index (χ4n) is 3.20. The highest BCUT2D eigenvalue weighted by Crippen LogP contribution is 2.20. The molecule has 1 aromatic carbocycles. The number of hydrogen-bond acceptors (Lipinski definition) is 4. The van der Waals surface area contributed by atoms with Crippen LogP contribution in [-0.2, 0) is 20.9 Å². The molecule has 27 heavy (non-hydrogen) atoms. The monoisotopic (exact) mass is 370 g/mol. The number of carbonyl (C=O) groups excluding carboxylic acids is 2. The zero-order valence-electron chi connectivity index (χ0n) is 15.6. The van der Waals surface area contributed by atoms with Gasteiger partial charge in [-0.15, -0.1) is 0 Å². The van der Waals surface area contributed by atoms with Crippen LogP contribution >= 0.6 is 0 Å². The zero-order chi connectivity index (χ0) is 19.1. The van der Waals surface area contributed by atoms with Gasteiger partial charge in [-0.1, -0.05) is 30.3 Å². The van der Waals surface area contributed by atoms with Gasteiger partial charge in [-0.2, -0.15) is 0 Å². The summed E-state index contributed by atoms with van der Waals surface area (Å²) in [6, 6.07) is 13.7. The fraction of sp³-hybridized carbons (Fsp3) is 0.429. The van der Waals surface area contributed by atoms with Crippen molar-refractivity contribution in [2.24, 2.45) is 5.92 Å². The molecule has 0 radical (unpaired) electrons. The van der Waals surface area contributed by atoms with E-state index in [9.17, 15) is 9.59 Å². The normalized spacial score (nSPS) is 17.9. The molecule has 1 saturated heterocycles. The standard InChI is InChI=1S/C21H26N2O4/c1-16(17-7-3-2-4-8-17)26-12-6-10-22-21(25)18-13-20(24)23(14-18)15-19-9-5-11-27-19/h2-5,7-9,11,16,18H,6,10,12-15H2,1H3,(H,22,25). The van der Waals surface area contributed by atoms with E-state index in [1.54, 1.807) is 17.2 Å². The first-order valence-electron chi connectivity index (χ1n) is 9.38. The van der Waals surface area contributed by atoms with Crippen LogP contribution in [0, 0.1) is 5.92 Å². The minimum absolute atomic E-state index is 0.00781. The molecule has 1 aliphatic heterocycles. The van der Waals surface area contributed by atoms with E-state index in [1.807, 2.05) is 43.3 Å². The molecule has 1 aromatic heterocycles. The second-order valence-corrected chi connectivity index (χ2v) is 6.82. The molecule has 2 atom stereocenters. The number of ether oxygens (including phenoxy) is 1. The summed E-state index contributed by atoms with van der Waals surface area (Å²) in [5.74, 6) is 0.360. The lowest BCUT2D eigenvalue weighted by Crippen LogP contribution is -2.33. The fourth-order valence-corrected chi connectivity index (χ4v) is 3.20. The van der Waals surface area contributed by atoms with Gasteiger partial charge in [0.25, 0.3) is 0 Å². The number of hydrogen-bond donors (Lipinski definition) is 1. The summed E-state index contributed by atoms with van der Waals surface area (Å²) in [4.78, 5) is 26.1. The van der Waals surface area contributed by atoms with Gasteiger partial charge in [0.1, 0.15) is 5.76 Å². The summed E-state index contributed by atoms with van der Waals surface area (Å²) in [6.07, 6.45) is 2.61. The van der Waals surface area contributed by atoms with E-state index >= 15 is 0 Å². The van der Waals surface area contributed by atoms with E-state index in [4.69, 9.17) is 9.15 Å². The van der Waals surface area contributed by atoms with Crippen LogP contribution in [0.1, 0.15) is 37.2 Å². The van der Waals surface area contributed by atoms with E-state index in [-0.39, 0.29) is 30.3 Å². The molecule has 6 heteroatoms. The van der Waals surface area contributed by atoms with Crippen LogP contribution in [0.3, 0.4) is 0 Å². The Kier molecular flexibility index (Phi) is 6.65. The lowest BCUT2D eigenvalue weighted by molar-refractivity contribution is -0.129. The molecular weight excluding hydrogens is 344 g/mol. The van der Waals surface area contributed by atoms with Crippen LogP contribution in [0.25, 0.3) is 0 Å². The molecule has 1 aliphatic rings. The largest absolute Gasteiger partial charge is 0.467 e. The van der Waals surface area contributed by atoms with Crippen LogP contribution < -0.4 is 5.32 Å². The Balaban J connectivity index is 1.33. The molecule has 3 rings (SSSR count). The first kappa shape index (κ1) is 19.2. The Hall–Kier alpha value is -2.60. The lowest BCUT2D eigenvalue weighted by Gasteiger charge is -2.15. The van der Waals surface area contributed by atoms with Gasteiger partial charge in [-0.3, -0.25) is 9.59 Å². The van der Waals surface area contributed by atoms with Crippen molar-refractivity contribution in [3.05, 3.63) is 60.1 Å². The molecule has 2 amide bonds. The third-order valence-electron chi connectivity index (χ3n) is 4.77. The van der Waals surface area contributed by atoms with Crippen molar-refractivity contribution in [3.8, 4) is 0 Å². The van der Waals surface area contributed by atoms with E-state index in [0.29, 0.717) is 26.2 Å². The van der Waals surface area contributed by atoms with Crippen molar-refractivity contribution >= 4 is 11.8 Å². The predicted octanol–water partition coefficient (Wildman–Crippen LogP) is 2.91. The first-order valence-corrected chi connectivity index (χ1v) is 9.38. The maximum Gasteiger partial charge on any atom is 0.225 e. The Morgan fingerprint density at radius 2 is 2.11 bits per heavy atom. The highest BCUT2D eigenvalue weighted by atomic mass is 16.5. The van der Waals surface area contributed by atoms with Crippen molar-refractivity contribution in [2.45, 2.75) is 32.4 Å². The molecule has 2 heterocycles. The molecule has 1 fully saturated rings. The highest BCUT2D eigenvalue weighted by Gasteiger charge is 2.34. The Bertz CT molecular complexity index is 730.